The number of carbonyl (C=O) groups is 1. The summed E-state index contributed by atoms with van der Waals surface area (Å²) in [6, 6.07) is 9.09. The van der Waals surface area contributed by atoms with E-state index in [1.54, 1.807) is 24.2 Å². The van der Waals surface area contributed by atoms with Gasteiger partial charge >= 0.3 is 0 Å². The van der Waals surface area contributed by atoms with Gasteiger partial charge in [0.15, 0.2) is 5.82 Å². The highest BCUT2D eigenvalue weighted by Crippen LogP contribution is 2.18. The Morgan fingerprint density at radius 1 is 1.10 bits per heavy atom. The fraction of sp³-hybridized carbons (Fsp3) is 0.300. The molecule has 1 saturated heterocycles. The Kier molecular flexibility index (Phi) is 5.28. The van der Waals surface area contributed by atoms with Gasteiger partial charge < -0.3 is 9.80 Å². The van der Waals surface area contributed by atoms with Crippen LogP contribution in [0.25, 0.3) is 11.3 Å². The van der Waals surface area contributed by atoms with Crippen molar-refractivity contribution < 1.29 is 4.79 Å². The second-order valence-electron chi connectivity index (χ2n) is 6.88. The van der Waals surface area contributed by atoms with Gasteiger partial charge in [-0.3, -0.25) is 19.1 Å². The van der Waals surface area contributed by atoms with Crippen molar-refractivity contribution >= 4 is 11.7 Å². The third kappa shape index (κ3) is 4.29. The van der Waals surface area contributed by atoms with Crippen molar-refractivity contribution in [1.82, 2.24) is 29.6 Å². The predicted molar refractivity (Wildman–Crippen MR) is 107 cm³/mol. The van der Waals surface area contributed by atoms with Gasteiger partial charge in [0.2, 0.25) is 5.91 Å². The van der Waals surface area contributed by atoms with Crippen molar-refractivity contribution in [2.75, 3.05) is 31.1 Å². The highest BCUT2D eigenvalue weighted by Gasteiger charge is 2.22. The summed E-state index contributed by atoms with van der Waals surface area (Å²) in [7, 11) is 0. The van der Waals surface area contributed by atoms with Crippen LogP contribution >= 0.6 is 0 Å². The van der Waals surface area contributed by atoms with Crippen molar-refractivity contribution in [2.45, 2.75) is 13.5 Å². The van der Waals surface area contributed by atoms with Gasteiger partial charge in [-0.1, -0.05) is 0 Å². The van der Waals surface area contributed by atoms with Crippen LogP contribution in [0, 0.1) is 6.92 Å². The molecular weight excluding hydrogens is 370 g/mol. The van der Waals surface area contributed by atoms with Crippen molar-refractivity contribution in [3.8, 4) is 11.3 Å². The first-order chi connectivity index (χ1) is 14.1. The lowest BCUT2D eigenvalue weighted by Gasteiger charge is -2.35. The quantitative estimate of drug-likeness (QED) is 0.647. The Morgan fingerprint density at radius 3 is 2.59 bits per heavy atom. The minimum absolute atomic E-state index is 0.00568. The summed E-state index contributed by atoms with van der Waals surface area (Å²) in [4.78, 5) is 36.5. The number of nitrogens with zero attached hydrogens (tertiary/aromatic N) is 7. The number of rotatable bonds is 4. The molecule has 0 aromatic carbocycles. The van der Waals surface area contributed by atoms with Gasteiger partial charge in [-0.2, -0.15) is 0 Å². The number of pyridine rings is 1. The third-order valence-corrected chi connectivity index (χ3v) is 4.89. The summed E-state index contributed by atoms with van der Waals surface area (Å²) in [6.07, 6.45) is 4.89. The van der Waals surface area contributed by atoms with Crippen molar-refractivity contribution in [3.63, 3.8) is 0 Å². The van der Waals surface area contributed by atoms with Crippen molar-refractivity contribution in [3.05, 3.63) is 65.1 Å². The van der Waals surface area contributed by atoms with E-state index in [0.29, 0.717) is 31.9 Å². The number of anilines is 1. The van der Waals surface area contributed by atoms with Crippen molar-refractivity contribution in [2.24, 2.45) is 0 Å². The van der Waals surface area contributed by atoms with Crippen LogP contribution in [0.4, 0.5) is 5.82 Å². The number of hydrogen-bond acceptors (Lipinski definition) is 7. The van der Waals surface area contributed by atoms with Crippen LogP contribution in [0.3, 0.4) is 0 Å². The van der Waals surface area contributed by atoms with Gasteiger partial charge in [0.05, 0.1) is 12.0 Å². The summed E-state index contributed by atoms with van der Waals surface area (Å²) < 4.78 is 1.34. The SMILES string of the molecule is Cc1cc(=O)n(CC(=O)N2CCN(c3ccc(-c4cccnc4)nn3)CC2)cn1. The maximum atomic E-state index is 12.5. The zero-order chi connectivity index (χ0) is 20.2. The molecule has 1 aliphatic rings. The fourth-order valence-corrected chi connectivity index (χ4v) is 3.23. The molecule has 3 aromatic heterocycles. The summed E-state index contributed by atoms with van der Waals surface area (Å²) >= 11 is 0. The molecule has 4 heterocycles. The molecule has 3 aromatic rings. The van der Waals surface area contributed by atoms with Gasteiger partial charge in [-0.05, 0) is 31.2 Å². The average molecular weight is 391 g/mol. The molecule has 1 amide bonds. The minimum Gasteiger partial charge on any atom is -0.352 e. The molecule has 0 atom stereocenters. The van der Waals surface area contributed by atoms with Crippen LogP contribution in [-0.2, 0) is 11.3 Å². The lowest BCUT2D eigenvalue weighted by molar-refractivity contribution is -0.132. The number of amides is 1. The molecule has 0 bridgehead atoms. The second-order valence-corrected chi connectivity index (χ2v) is 6.88. The molecule has 9 nitrogen and oxygen atoms in total. The van der Waals surface area contributed by atoms with E-state index in [9.17, 15) is 9.59 Å². The fourth-order valence-electron chi connectivity index (χ4n) is 3.23. The molecule has 1 fully saturated rings. The molecule has 0 spiro atoms. The number of aromatic nitrogens is 5. The molecule has 0 saturated carbocycles. The Labute approximate surface area is 167 Å². The second kappa shape index (κ2) is 8.17. The Bertz CT molecular complexity index is 1040. The van der Waals surface area contributed by atoms with E-state index in [1.807, 2.05) is 24.3 Å². The van der Waals surface area contributed by atoms with E-state index < -0.39 is 0 Å². The van der Waals surface area contributed by atoms with E-state index in [4.69, 9.17) is 0 Å². The Hall–Kier alpha value is -3.62. The largest absolute Gasteiger partial charge is 0.352 e. The molecule has 0 aliphatic carbocycles. The van der Waals surface area contributed by atoms with Crippen LogP contribution in [0.15, 0.2) is 53.8 Å². The Morgan fingerprint density at radius 2 is 1.93 bits per heavy atom. The zero-order valence-corrected chi connectivity index (χ0v) is 16.1. The van der Waals surface area contributed by atoms with Gasteiger partial charge in [0, 0.05) is 55.9 Å². The van der Waals surface area contributed by atoms with E-state index in [0.717, 1.165) is 17.1 Å². The van der Waals surface area contributed by atoms with Crippen LogP contribution in [0.5, 0.6) is 0 Å². The lowest BCUT2D eigenvalue weighted by atomic mass is 10.2. The van der Waals surface area contributed by atoms with Gasteiger partial charge in [0.1, 0.15) is 6.54 Å². The zero-order valence-electron chi connectivity index (χ0n) is 16.1. The third-order valence-electron chi connectivity index (χ3n) is 4.89. The number of aryl methyl sites for hydroxylation is 1. The number of piperazine rings is 1. The molecular formula is C20H21N7O2. The first kappa shape index (κ1) is 18.7. The molecule has 29 heavy (non-hydrogen) atoms. The predicted octanol–water partition coefficient (Wildman–Crippen LogP) is 0.753. The van der Waals surface area contributed by atoms with Crippen LogP contribution in [-0.4, -0.2) is 61.7 Å². The molecule has 1 aliphatic heterocycles. The van der Waals surface area contributed by atoms with E-state index >= 15 is 0 Å². The molecule has 9 heteroatoms. The monoisotopic (exact) mass is 391 g/mol. The smallest absolute Gasteiger partial charge is 0.253 e. The first-order valence-electron chi connectivity index (χ1n) is 9.40. The van der Waals surface area contributed by atoms with Gasteiger partial charge in [0.25, 0.3) is 5.56 Å². The maximum Gasteiger partial charge on any atom is 0.253 e. The standard InChI is InChI=1S/C20H21N7O2/c1-15-11-19(28)27(14-22-15)13-20(29)26-9-7-25(8-10-26)18-5-4-17(23-24-18)16-3-2-6-21-12-16/h2-6,11-12,14H,7-10,13H2,1H3. The molecule has 148 valence electrons. The van der Waals surface area contributed by atoms with E-state index in [-0.39, 0.29) is 18.0 Å². The molecule has 0 radical (unpaired) electrons. The topological polar surface area (TPSA) is 97.1 Å². The van der Waals surface area contributed by atoms with Gasteiger partial charge in [-0.15, -0.1) is 10.2 Å². The first-order valence-corrected chi connectivity index (χ1v) is 9.40. The highest BCUT2D eigenvalue weighted by molar-refractivity contribution is 5.76. The highest BCUT2D eigenvalue weighted by atomic mass is 16.2. The summed E-state index contributed by atoms with van der Waals surface area (Å²) in [5, 5.41) is 8.62. The van der Waals surface area contributed by atoms with Gasteiger partial charge in [-0.25, -0.2) is 4.98 Å². The normalized spacial score (nSPS) is 14.1. The van der Waals surface area contributed by atoms with Crippen LogP contribution in [0.1, 0.15) is 5.69 Å². The van der Waals surface area contributed by atoms with Crippen LogP contribution < -0.4 is 10.5 Å². The van der Waals surface area contributed by atoms with E-state index in [2.05, 4.69) is 25.1 Å². The average Bonchev–Trinajstić information content (AvgIpc) is 2.76. The summed E-state index contributed by atoms with van der Waals surface area (Å²) in [5.74, 6) is 0.694. The molecule has 0 unspecified atom stereocenters. The lowest BCUT2D eigenvalue weighted by Crippen LogP contribution is -2.50. The number of carbonyl (C=O) groups excluding carboxylic acids is 1. The molecule has 0 N–H and O–H groups in total. The Balaban J connectivity index is 1.35. The number of hydrogen-bond donors (Lipinski definition) is 0. The maximum absolute atomic E-state index is 12.5. The van der Waals surface area contributed by atoms with Crippen LogP contribution in [0.2, 0.25) is 0 Å². The van der Waals surface area contributed by atoms with E-state index in [1.165, 1.54) is 17.0 Å². The summed E-state index contributed by atoms with van der Waals surface area (Å²) in [6.45, 7) is 4.21. The summed E-state index contributed by atoms with van der Waals surface area (Å²) in [5.41, 5.74) is 2.12. The minimum atomic E-state index is -0.214. The van der Waals surface area contributed by atoms with Crippen molar-refractivity contribution in [1.29, 1.82) is 0 Å². The molecule has 4 rings (SSSR count).